The Morgan fingerprint density at radius 1 is 1.36 bits per heavy atom. The highest BCUT2D eigenvalue weighted by Gasteiger charge is 1.98. The molecule has 1 heteroatoms. The van der Waals surface area contributed by atoms with E-state index in [1.807, 2.05) is 0 Å². The van der Waals surface area contributed by atoms with Gasteiger partial charge in [0.15, 0.2) is 0 Å². The molecule has 0 rings (SSSR count). The molecule has 0 aliphatic carbocycles. The van der Waals surface area contributed by atoms with Crippen LogP contribution in [0, 0.1) is 5.92 Å². The van der Waals surface area contributed by atoms with Gasteiger partial charge >= 0.3 is 0 Å². The van der Waals surface area contributed by atoms with Gasteiger partial charge in [-0.25, -0.2) is 0 Å². The third kappa shape index (κ3) is 6.11. The number of hydrogen-bond acceptors (Lipinski definition) is 1. The van der Waals surface area contributed by atoms with Gasteiger partial charge in [-0.3, -0.25) is 0 Å². The average molecular weight is 156 g/mol. The molecular weight excluding hydrogens is 136 g/mol. The quantitative estimate of drug-likeness (QED) is 0.424. The minimum Gasteiger partial charge on any atom is -0.385 e. The fourth-order valence-corrected chi connectivity index (χ4v) is 0.887. The van der Waals surface area contributed by atoms with Gasteiger partial charge in [-0.2, -0.15) is 0 Å². The van der Waals surface area contributed by atoms with Crippen LogP contribution in [0.5, 0.6) is 0 Å². The van der Waals surface area contributed by atoms with Crippen LogP contribution in [0.25, 0.3) is 0 Å². The topological polar surface area (TPSA) is 9.23 Å². The van der Waals surface area contributed by atoms with Crippen LogP contribution >= 0.6 is 0 Å². The lowest BCUT2D eigenvalue weighted by atomic mass is 10.00. The number of allylic oxidation sites excluding steroid dienone is 1. The van der Waals surface area contributed by atoms with E-state index in [2.05, 4.69) is 20.4 Å². The molecule has 66 valence electrons. The number of unbranched alkanes of at least 4 members (excludes halogenated alkanes) is 1. The first-order valence-electron chi connectivity index (χ1n) is 4.35. The van der Waals surface area contributed by atoms with E-state index in [-0.39, 0.29) is 0 Å². The SMILES string of the molecule is C=C(CCCCOC)C(C)C. The molecule has 11 heavy (non-hydrogen) atoms. The number of methoxy groups -OCH3 is 1. The molecule has 0 aliphatic rings. The van der Waals surface area contributed by atoms with Gasteiger partial charge in [0.2, 0.25) is 0 Å². The summed E-state index contributed by atoms with van der Waals surface area (Å²) < 4.78 is 4.95. The van der Waals surface area contributed by atoms with E-state index in [1.54, 1.807) is 7.11 Å². The highest BCUT2D eigenvalue weighted by atomic mass is 16.5. The van der Waals surface area contributed by atoms with Crippen LogP contribution in [0.1, 0.15) is 33.1 Å². The fourth-order valence-electron chi connectivity index (χ4n) is 0.887. The molecule has 0 aliphatic heterocycles. The predicted molar refractivity (Wildman–Crippen MR) is 49.7 cm³/mol. The molecule has 0 saturated carbocycles. The molecule has 0 amide bonds. The Kier molecular flexibility index (Phi) is 6.24. The summed E-state index contributed by atoms with van der Waals surface area (Å²) in [6.07, 6.45) is 3.52. The van der Waals surface area contributed by atoms with E-state index < -0.39 is 0 Å². The van der Waals surface area contributed by atoms with Gasteiger partial charge in [0.25, 0.3) is 0 Å². The molecule has 0 aromatic rings. The highest BCUT2D eigenvalue weighted by molar-refractivity contribution is 4.96. The normalized spacial score (nSPS) is 10.5. The summed E-state index contributed by atoms with van der Waals surface area (Å²) in [4.78, 5) is 0. The summed E-state index contributed by atoms with van der Waals surface area (Å²) in [7, 11) is 1.75. The summed E-state index contributed by atoms with van der Waals surface area (Å²) >= 11 is 0. The van der Waals surface area contributed by atoms with Crippen molar-refractivity contribution in [3.8, 4) is 0 Å². The zero-order valence-corrected chi connectivity index (χ0v) is 8.02. The van der Waals surface area contributed by atoms with Crippen molar-refractivity contribution >= 4 is 0 Å². The fraction of sp³-hybridized carbons (Fsp3) is 0.800. The molecule has 0 spiro atoms. The second-order valence-corrected chi connectivity index (χ2v) is 3.26. The van der Waals surface area contributed by atoms with Crippen LogP contribution < -0.4 is 0 Å². The number of ether oxygens (including phenoxy) is 1. The van der Waals surface area contributed by atoms with Crippen molar-refractivity contribution in [2.24, 2.45) is 5.92 Å². The zero-order valence-electron chi connectivity index (χ0n) is 8.02. The first kappa shape index (κ1) is 10.7. The van der Waals surface area contributed by atoms with Crippen molar-refractivity contribution in [1.82, 2.24) is 0 Å². The second-order valence-electron chi connectivity index (χ2n) is 3.26. The maximum Gasteiger partial charge on any atom is 0.0462 e. The second kappa shape index (κ2) is 6.41. The minimum absolute atomic E-state index is 0.637. The lowest BCUT2D eigenvalue weighted by molar-refractivity contribution is 0.192. The van der Waals surface area contributed by atoms with Gasteiger partial charge in [0, 0.05) is 13.7 Å². The Balaban J connectivity index is 3.18. The zero-order chi connectivity index (χ0) is 8.69. The maximum atomic E-state index is 4.95. The van der Waals surface area contributed by atoms with E-state index in [0.29, 0.717) is 5.92 Å². The molecule has 0 N–H and O–H groups in total. The van der Waals surface area contributed by atoms with Crippen molar-refractivity contribution in [2.45, 2.75) is 33.1 Å². The van der Waals surface area contributed by atoms with Crippen molar-refractivity contribution in [3.05, 3.63) is 12.2 Å². The van der Waals surface area contributed by atoms with E-state index in [1.165, 1.54) is 12.0 Å². The summed E-state index contributed by atoms with van der Waals surface area (Å²) in [5, 5.41) is 0. The number of hydrogen-bond donors (Lipinski definition) is 0. The van der Waals surface area contributed by atoms with Gasteiger partial charge in [-0.05, 0) is 25.2 Å². The van der Waals surface area contributed by atoms with E-state index in [4.69, 9.17) is 4.74 Å². The Morgan fingerprint density at radius 2 is 2.00 bits per heavy atom. The van der Waals surface area contributed by atoms with Crippen molar-refractivity contribution in [3.63, 3.8) is 0 Å². The molecule has 1 nitrogen and oxygen atoms in total. The first-order chi connectivity index (χ1) is 5.18. The lowest BCUT2D eigenvalue weighted by Crippen LogP contribution is -1.94. The molecule has 0 saturated heterocycles. The van der Waals surface area contributed by atoms with E-state index >= 15 is 0 Å². The Morgan fingerprint density at radius 3 is 2.45 bits per heavy atom. The summed E-state index contributed by atoms with van der Waals surface area (Å²) in [6.45, 7) is 9.28. The molecule has 0 atom stereocenters. The van der Waals surface area contributed by atoms with Crippen molar-refractivity contribution in [2.75, 3.05) is 13.7 Å². The largest absolute Gasteiger partial charge is 0.385 e. The smallest absolute Gasteiger partial charge is 0.0462 e. The van der Waals surface area contributed by atoms with Crippen LogP contribution in [-0.2, 0) is 4.74 Å². The molecule has 0 unspecified atom stereocenters. The Labute approximate surface area is 70.4 Å². The molecule has 0 heterocycles. The summed E-state index contributed by atoms with van der Waals surface area (Å²) in [6, 6.07) is 0. The summed E-state index contributed by atoms with van der Waals surface area (Å²) in [5.74, 6) is 0.637. The predicted octanol–water partition coefficient (Wildman–Crippen LogP) is 3.02. The molecule has 0 aromatic carbocycles. The molecule has 0 bridgehead atoms. The van der Waals surface area contributed by atoms with Crippen molar-refractivity contribution < 1.29 is 4.74 Å². The van der Waals surface area contributed by atoms with E-state index in [9.17, 15) is 0 Å². The third-order valence-electron chi connectivity index (χ3n) is 1.91. The molecular formula is C10H20O. The van der Waals surface area contributed by atoms with Gasteiger partial charge < -0.3 is 4.74 Å². The van der Waals surface area contributed by atoms with E-state index in [0.717, 1.165) is 19.4 Å². The van der Waals surface area contributed by atoms with Crippen LogP contribution in [0.15, 0.2) is 12.2 Å². The van der Waals surface area contributed by atoms with Crippen LogP contribution in [0.3, 0.4) is 0 Å². The standard InChI is InChI=1S/C10H20O/c1-9(2)10(3)7-5-6-8-11-4/h9H,3,5-8H2,1-2,4H3. The third-order valence-corrected chi connectivity index (χ3v) is 1.91. The van der Waals surface area contributed by atoms with Crippen LogP contribution in [0.2, 0.25) is 0 Å². The molecule has 0 radical (unpaired) electrons. The highest BCUT2D eigenvalue weighted by Crippen LogP contribution is 2.13. The Hall–Kier alpha value is -0.300. The van der Waals surface area contributed by atoms with Gasteiger partial charge in [0.1, 0.15) is 0 Å². The lowest BCUT2D eigenvalue weighted by Gasteiger charge is -2.08. The molecule has 0 aromatic heterocycles. The van der Waals surface area contributed by atoms with Gasteiger partial charge in [-0.15, -0.1) is 0 Å². The average Bonchev–Trinajstić information content (AvgIpc) is 1.97. The van der Waals surface area contributed by atoms with Crippen LogP contribution in [0.4, 0.5) is 0 Å². The monoisotopic (exact) mass is 156 g/mol. The Bertz CT molecular complexity index is 105. The summed E-state index contributed by atoms with van der Waals surface area (Å²) in [5.41, 5.74) is 1.36. The first-order valence-corrected chi connectivity index (χ1v) is 4.35. The molecule has 0 fully saturated rings. The van der Waals surface area contributed by atoms with Gasteiger partial charge in [0.05, 0.1) is 0 Å². The number of rotatable bonds is 6. The minimum atomic E-state index is 0.637. The van der Waals surface area contributed by atoms with Crippen LogP contribution in [-0.4, -0.2) is 13.7 Å². The maximum absolute atomic E-state index is 4.95. The van der Waals surface area contributed by atoms with Gasteiger partial charge in [-0.1, -0.05) is 26.0 Å². The van der Waals surface area contributed by atoms with Crippen molar-refractivity contribution in [1.29, 1.82) is 0 Å².